The van der Waals surface area contributed by atoms with Gasteiger partial charge in [0.1, 0.15) is 12.7 Å². The van der Waals surface area contributed by atoms with Gasteiger partial charge in [-0.3, -0.25) is 0 Å². The lowest BCUT2D eigenvalue weighted by molar-refractivity contribution is -0.150. The minimum Gasteiger partial charge on any atom is -0.445 e. The molecule has 2 aromatic carbocycles. The zero-order valence-electron chi connectivity index (χ0n) is 15.4. The van der Waals surface area contributed by atoms with Crippen molar-refractivity contribution < 1.29 is 24.1 Å². The number of carbonyl (C=O) groups excluding carboxylic acids is 1. The molecule has 6 heteroatoms. The summed E-state index contributed by atoms with van der Waals surface area (Å²) in [6.07, 6.45) is -1.66. The van der Waals surface area contributed by atoms with Crippen molar-refractivity contribution in [2.24, 2.45) is 0 Å². The molecule has 6 nitrogen and oxygen atoms in total. The van der Waals surface area contributed by atoms with Crippen LogP contribution in [0, 0.1) is 0 Å². The summed E-state index contributed by atoms with van der Waals surface area (Å²) in [6, 6.07) is 19.3. The largest absolute Gasteiger partial charge is 0.445 e. The van der Waals surface area contributed by atoms with Gasteiger partial charge in [0.15, 0.2) is 6.29 Å². The highest BCUT2D eigenvalue weighted by molar-refractivity contribution is 5.67. The third-order valence-electron chi connectivity index (χ3n) is 4.48. The Morgan fingerprint density at radius 3 is 2.33 bits per heavy atom. The Balaban J connectivity index is 1.64. The van der Waals surface area contributed by atoms with E-state index in [0.717, 1.165) is 11.1 Å². The van der Waals surface area contributed by atoms with Crippen LogP contribution in [-0.2, 0) is 27.4 Å². The number of nitrogens with zero attached hydrogens (tertiary/aromatic N) is 1. The van der Waals surface area contributed by atoms with Gasteiger partial charge in [-0.05, 0) is 11.1 Å². The number of rotatable bonds is 7. The number of benzene rings is 2. The first-order valence-electron chi connectivity index (χ1n) is 9.01. The molecule has 144 valence electrons. The molecule has 0 bridgehead atoms. The summed E-state index contributed by atoms with van der Waals surface area (Å²) in [5.41, 5.74) is 1.92. The molecule has 1 saturated heterocycles. The van der Waals surface area contributed by atoms with Crippen LogP contribution in [0.3, 0.4) is 0 Å². The van der Waals surface area contributed by atoms with Gasteiger partial charge in [-0.2, -0.15) is 0 Å². The Morgan fingerprint density at radius 2 is 1.74 bits per heavy atom. The third kappa shape index (κ3) is 5.53. The van der Waals surface area contributed by atoms with Crippen LogP contribution in [0.1, 0.15) is 17.5 Å². The Morgan fingerprint density at radius 1 is 1.11 bits per heavy atom. The van der Waals surface area contributed by atoms with E-state index in [0.29, 0.717) is 19.5 Å². The van der Waals surface area contributed by atoms with Crippen LogP contribution in [0.2, 0.25) is 0 Å². The number of aliphatic hydroxyl groups excluding tert-OH is 1. The van der Waals surface area contributed by atoms with Gasteiger partial charge in [0.05, 0.1) is 12.6 Å². The van der Waals surface area contributed by atoms with Gasteiger partial charge < -0.3 is 24.2 Å². The summed E-state index contributed by atoms with van der Waals surface area (Å²) < 4.78 is 16.3. The van der Waals surface area contributed by atoms with Crippen LogP contribution >= 0.6 is 0 Å². The molecule has 3 atom stereocenters. The first-order valence-corrected chi connectivity index (χ1v) is 9.01. The van der Waals surface area contributed by atoms with Gasteiger partial charge in [-0.25, -0.2) is 4.79 Å². The smallest absolute Gasteiger partial charge is 0.410 e. The van der Waals surface area contributed by atoms with E-state index in [-0.39, 0.29) is 12.7 Å². The Bertz CT molecular complexity index is 709. The average Bonchev–Trinajstić information content (AvgIpc) is 3.06. The van der Waals surface area contributed by atoms with Crippen molar-refractivity contribution in [2.45, 2.75) is 38.1 Å². The van der Waals surface area contributed by atoms with E-state index in [4.69, 9.17) is 14.2 Å². The highest BCUT2D eigenvalue weighted by Gasteiger charge is 2.35. The summed E-state index contributed by atoms with van der Waals surface area (Å²) in [5, 5.41) is 9.97. The number of ether oxygens (including phenoxy) is 3. The first kappa shape index (κ1) is 19.4. The lowest BCUT2D eigenvalue weighted by Gasteiger charge is -2.25. The molecule has 1 heterocycles. The van der Waals surface area contributed by atoms with Crippen LogP contribution in [-0.4, -0.2) is 48.3 Å². The summed E-state index contributed by atoms with van der Waals surface area (Å²) in [5.74, 6) is 0. The molecule has 0 spiro atoms. The summed E-state index contributed by atoms with van der Waals surface area (Å²) >= 11 is 0. The van der Waals surface area contributed by atoms with Gasteiger partial charge in [-0.15, -0.1) is 0 Å². The van der Waals surface area contributed by atoms with Crippen molar-refractivity contribution in [2.75, 3.05) is 13.7 Å². The minimum atomic E-state index is -0.695. The molecule has 1 aliphatic rings. The monoisotopic (exact) mass is 371 g/mol. The fourth-order valence-electron chi connectivity index (χ4n) is 3.11. The number of amides is 1. The predicted octanol–water partition coefficient (Wildman–Crippen LogP) is 2.95. The maximum atomic E-state index is 12.7. The van der Waals surface area contributed by atoms with Crippen molar-refractivity contribution in [3.05, 3.63) is 71.8 Å². The summed E-state index contributed by atoms with van der Waals surface area (Å²) in [7, 11) is 1.49. The van der Waals surface area contributed by atoms with Crippen molar-refractivity contribution >= 4 is 6.09 Å². The molecule has 0 aliphatic carbocycles. The van der Waals surface area contributed by atoms with Gasteiger partial charge in [0, 0.05) is 20.1 Å². The molecule has 0 aromatic heterocycles. The quantitative estimate of drug-likeness (QED) is 0.810. The molecular weight excluding hydrogens is 346 g/mol. The predicted molar refractivity (Wildman–Crippen MR) is 99.8 cm³/mol. The van der Waals surface area contributed by atoms with E-state index in [1.807, 2.05) is 60.7 Å². The molecule has 2 aromatic rings. The van der Waals surface area contributed by atoms with Crippen LogP contribution in [0.5, 0.6) is 0 Å². The van der Waals surface area contributed by atoms with Gasteiger partial charge in [0.2, 0.25) is 0 Å². The van der Waals surface area contributed by atoms with E-state index in [9.17, 15) is 9.90 Å². The number of hydrogen-bond acceptors (Lipinski definition) is 5. The molecular formula is C21H25NO5. The maximum Gasteiger partial charge on any atom is 0.410 e. The van der Waals surface area contributed by atoms with Gasteiger partial charge >= 0.3 is 6.09 Å². The van der Waals surface area contributed by atoms with Gasteiger partial charge in [-0.1, -0.05) is 60.7 Å². The minimum absolute atomic E-state index is 0.208. The van der Waals surface area contributed by atoms with E-state index >= 15 is 0 Å². The third-order valence-corrected chi connectivity index (χ3v) is 4.48. The van der Waals surface area contributed by atoms with Crippen molar-refractivity contribution in [3.63, 3.8) is 0 Å². The first-order chi connectivity index (χ1) is 13.2. The molecule has 1 amide bonds. The maximum absolute atomic E-state index is 12.7. The second-order valence-electron chi connectivity index (χ2n) is 6.57. The fraction of sp³-hybridized carbons (Fsp3) is 0.381. The van der Waals surface area contributed by atoms with E-state index < -0.39 is 18.5 Å². The van der Waals surface area contributed by atoms with Crippen LogP contribution in [0.15, 0.2) is 60.7 Å². The van der Waals surface area contributed by atoms with Crippen LogP contribution in [0.25, 0.3) is 0 Å². The lowest BCUT2D eigenvalue weighted by Crippen LogP contribution is -2.37. The lowest BCUT2D eigenvalue weighted by atomic mass is 10.1. The van der Waals surface area contributed by atoms with Gasteiger partial charge in [0.25, 0.3) is 0 Å². The molecule has 1 N–H and O–H groups in total. The van der Waals surface area contributed by atoms with Crippen LogP contribution in [0.4, 0.5) is 4.79 Å². The molecule has 27 heavy (non-hydrogen) atoms. The number of carbonyl (C=O) groups is 1. The van der Waals surface area contributed by atoms with E-state index in [1.54, 1.807) is 4.90 Å². The number of aliphatic hydroxyl groups is 1. The standard InChI is InChI=1S/C21H25NO5/c1-25-20-19(23)12-18(27-20)14-22(13-16-8-4-2-5-9-16)21(24)26-15-17-10-6-3-7-11-17/h2-11,18-20,23H,12-15H2,1H3/t18-,19+,20?/m0/s1. The zero-order chi connectivity index (χ0) is 19.1. The molecule has 1 fully saturated rings. The second-order valence-corrected chi connectivity index (χ2v) is 6.57. The van der Waals surface area contributed by atoms with Crippen molar-refractivity contribution in [3.8, 4) is 0 Å². The average molecular weight is 371 g/mol. The summed E-state index contributed by atoms with van der Waals surface area (Å²) in [4.78, 5) is 14.3. The summed E-state index contributed by atoms with van der Waals surface area (Å²) in [6.45, 7) is 0.932. The molecule has 0 radical (unpaired) electrons. The highest BCUT2D eigenvalue weighted by atomic mass is 16.7. The van der Waals surface area contributed by atoms with E-state index in [2.05, 4.69) is 0 Å². The fourth-order valence-corrected chi connectivity index (χ4v) is 3.11. The normalized spacial score (nSPS) is 21.8. The SMILES string of the molecule is COC1O[C@H](CN(Cc2ccccc2)C(=O)OCc2ccccc2)C[C@H]1O. The molecule has 1 unspecified atom stereocenters. The highest BCUT2D eigenvalue weighted by Crippen LogP contribution is 2.22. The molecule has 3 rings (SSSR count). The Labute approximate surface area is 159 Å². The molecule has 0 saturated carbocycles. The zero-order valence-corrected chi connectivity index (χ0v) is 15.4. The van der Waals surface area contributed by atoms with Crippen molar-refractivity contribution in [1.82, 2.24) is 4.90 Å². The number of hydrogen-bond donors (Lipinski definition) is 1. The van der Waals surface area contributed by atoms with Crippen LogP contribution < -0.4 is 0 Å². The number of methoxy groups -OCH3 is 1. The Hall–Kier alpha value is -2.41. The molecule has 1 aliphatic heterocycles. The Kier molecular flexibility index (Phi) is 6.81. The second kappa shape index (κ2) is 9.50. The topological polar surface area (TPSA) is 68.2 Å². The van der Waals surface area contributed by atoms with Crippen molar-refractivity contribution in [1.29, 1.82) is 0 Å². The van der Waals surface area contributed by atoms with E-state index in [1.165, 1.54) is 7.11 Å².